The van der Waals surface area contributed by atoms with Crippen LogP contribution in [0.4, 0.5) is 0 Å². The molecule has 1 saturated carbocycles. The first-order chi connectivity index (χ1) is 8.97. The molecule has 0 aliphatic heterocycles. The van der Waals surface area contributed by atoms with Gasteiger partial charge in [0, 0.05) is 24.3 Å². The van der Waals surface area contributed by atoms with Crippen LogP contribution in [0.3, 0.4) is 0 Å². The van der Waals surface area contributed by atoms with Crippen LogP contribution in [0, 0.1) is 23.2 Å². The summed E-state index contributed by atoms with van der Waals surface area (Å²) in [6.45, 7) is 8.34. The van der Waals surface area contributed by atoms with Crippen molar-refractivity contribution in [2.45, 2.75) is 32.8 Å². The minimum absolute atomic E-state index is 0.0174. The number of hydrogen-bond donors (Lipinski definition) is 0. The third-order valence-corrected chi connectivity index (χ3v) is 6.15. The third-order valence-electron chi connectivity index (χ3n) is 5.11. The third kappa shape index (κ3) is 2.25. The van der Waals surface area contributed by atoms with Gasteiger partial charge < -0.3 is 4.74 Å². The predicted octanol–water partition coefficient (Wildman–Crippen LogP) is 3.76. The Morgan fingerprint density at radius 3 is 2.84 bits per heavy atom. The van der Waals surface area contributed by atoms with Crippen molar-refractivity contribution in [3.8, 4) is 0 Å². The predicted molar refractivity (Wildman–Crippen MR) is 81.4 cm³/mol. The molecule has 0 radical (unpaired) electrons. The minimum Gasteiger partial charge on any atom is -0.373 e. The van der Waals surface area contributed by atoms with E-state index in [2.05, 4.69) is 41.6 Å². The maximum Gasteiger partial charge on any atom is 0.169 e. The van der Waals surface area contributed by atoms with E-state index < -0.39 is 0 Å². The van der Waals surface area contributed by atoms with E-state index in [0.29, 0.717) is 5.92 Å². The number of Topliss-reactive ketones (excluding diaryl/α,β-unsaturated/α-hetero) is 1. The molecule has 0 aromatic heterocycles. The fraction of sp³-hybridized carbons (Fsp3) is 0.688. The number of rotatable bonds is 3. The molecule has 5 atom stereocenters. The second-order valence-corrected chi connectivity index (χ2v) is 6.69. The first-order valence-electron chi connectivity index (χ1n) is 6.92. The van der Waals surface area contributed by atoms with E-state index in [1.807, 2.05) is 6.92 Å². The maximum atomic E-state index is 12.8. The molecule has 0 heterocycles. The number of carbonyl (C=O) groups excluding carboxylic acids is 1. The number of carbonyl (C=O) groups is 1. The van der Waals surface area contributed by atoms with Gasteiger partial charge in [-0.05, 0) is 31.1 Å². The van der Waals surface area contributed by atoms with Gasteiger partial charge in [-0.2, -0.15) is 0 Å². The van der Waals surface area contributed by atoms with E-state index in [1.54, 1.807) is 7.11 Å². The van der Waals surface area contributed by atoms with Gasteiger partial charge in [-0.1, -0.05) is 47.2 Å². The smallest absolute Gasteiger partial charge is 0.169 e. The van der Waals surface area contributed by atoms with Gasteiger partial charge in [0.1, 0.15) is 6.10 Å². The lowest BCUT2D eigenvalue weighted by atomic mass is 9.54. The van der Waals surface area contributed by atoms with Crippen molar-refractivity contribution in [1.29, 1.82) is 0 Å². The van der Waals surface area contributed by atoms with E-state index in [9.17, 15) is 4.79 Å². The zero-order chi connectivity index (χ0) is 14.2. The number of methoxy groups -OCH3 is 1. The molecule has 0 saturated heterocycles. The van der Waals surface area contributed by atoms with Gasteiger partial charge in [0.2, 0.25) is 0 Å². The van der Waals surface area contributed by atoms with Gasteiger partial charge in [-0.3, -0.25) is 4.79 Å². The van der Waals surface area contributed by atoms with Crippen molar-refractivity contribution in [2.75, 3.05) is 12.4 Å². The monoisotopic (exact) mass is 326 g/mol. The lowest BCUT2D eigenvalue weighted by molar-refractivity contribution is -0.147. The summed E-state index contributed by atoms with van der Waals surface area (Å²) in [6.07, 6.45) is 5.96. The van der Waals surface area contributed by atoms with E-state index in [4.69, 9.17) is 4.74 Å². The molecule has 3 heteroatoms. The zero-order valence-electron chi connectivity index (χ0n) is 12.0. The van der Waals surface area contributed by atoms with Crippen LogP contribution in [-0.4, -0.2) is 24.3 Å². The Morgan fingerprint density at radius 1 is 1.63 bits per heavy atom. The Kier molecular flexibility index (Phi) is 4.36. The Bertz CT molecular complexity index is 415. The molecule has 0 bridgehead atoms. The Hall–Kier alpha value is -0.410. The van der Waals surface area contributed by atoms with Crippen LogP contribution < -0.4 is 0 Å². The molecule has 19 heavy (non-hydrogen) atoms. The standard InChI is InChI=1S/C16H23BrO2/c1-10(2)12-8-16(9-17)11(3)6-5-7-13(16)14(18)15(12)19-4/h5,7,11-13,15H,1,6,8-9H2,2-4H3. The van der Waals surface area contributed by atoms with Crippen LogP contribution in [0.2, 0.25) is 0 Å². The van der Waals surface area contributed by atoms with Gasteiger partial charge >= 0.3 is 0 Å². The minimum atomic E-state index is -0.329. The maximum absolute atomic E-state index is 12.8. The largest absolute Gasteiger partial charge is 0.373 e. The molecule has 106 valence electrons. The van der Waals surface area contributed by atoms with Crippen LogP contribution >= 0.6 is 15.9 Å². The van der Waals surface area contributed by atoms with Crippen LogP contribution in [0.5, 0.6) is 0 Å². The van der Waals surface area contributed by atoms with Crippen LogP contribution in [-0.2, 0) is 9.53 Å². The van der Waals surface area contributed by atoms with Crippen LogP contribution in [0.25, 0.3) is 0 Å². The van der Waals surface area contributed by atoms with Gasteiger partial charge in [0.05, 0.1) is 0 Å². The average Bonchev–Trinajstić information content (AvgIpc) is 2.39. The second-order valence-electron chi connectivity index (χ2n) is 6.13. The van der Waals surface area contributed by atoms with Crippen molar-refractivity contribution >= 4 is 21.7 Å². The summed E-state index contributed by atoms with van der Waals surface area (Å²) in [5.41, 5.74) is 1.07. The first-order valence-corrected chi connectivity index (χ1v) is 8.04. The lowest BCUT2D eigenvalue weighted by Gasteiger charge is -2.52. The molecule has 0 aromatic rings. The van der Waals surface area contributed by atoms with E-state index >= 15 is 0 Å². The molecule has 0 aromatic carbocycles. The summed E-state index contributed by atoms with van der Waals surface area (Å²) in [5.74, 6) is 0.853. The quantitative estimate of drug-likeness (QED) is 0.583. The molecule has 2 aliphatic rings. The molecule has 2 aliphatic carbocycles. The normalized spacial score (nSPS) is 42.0. The van der Waals surface area contributed by atoms with Gasteiger partial charge in [-0.25, -0.2) is 0 Å². The van der Waals surface area contributed by atoms with Gasteiger partial charge in [0.25, 0.3) is 0 Å². The SMILES string of the molecule is C=C(C)C1CC2(CBr)C(C)CC=CC2C(=O)C1OC. The molecule has 1 fully saturated rings. The highest BCUT2D eigenvalue weighted by Crippen LogP contribution is 2.53. The van der Waals surface area contributed by atoms with Gasteiger partial charge in [0.15, 0.2) is 5.78 Å². The number of ketones is 1. The molecule has 2 nitrogen and oxygen atoms in total. The highest BCUT2D eigenvalue weighted by molar-refractivity contribution is 9.09. The summed E-state index contributed by atoms with van der Waals surface area (Å²) in [6, 6.07) is 0. The first kappa shape index (κ1) is 15.0. The Labute approximate surface area is 124 Å². The summed E-state index contributed by atoms with van der Waals surface area (Å²) < 4.78 is 5.49. The highest BCUT2D eigenvalue weighted by atomic mass is 79.9. The number of ether oxygens (including phenoxy) is 1. The van der Waals surface area contributed by atoms with E-state index in [0.717, 1.165) is 23.7 Å². The molecular weight excluding hydrogens is 304 g/mol. The topological polar surface area (TPSA) is 26.3 Å². The van der Waals surface area contributed by atoms with Crippen molar-refractivity contribution in [3.63, 3.8) is 0 Å². The Morgan fingerprint density at radius 2 is 2.32 bits per heavy atom. The number of allylic oxidation sites excluding steroid dienone is 2. The molecule has 0 spiro atoms. The summed E-state index contributed by atoms with van der Waals surface area (Å²) >= 11 is 3.67. The fourth-order valence-corrected chi connectivity index (χ4v) is 4.86. The lowest BCUT2D eigenvalue weighted by Crippen LogP contribution is -2.55. The van der Waals surface area contributed by atoms with Gasteiger partial charge in [-0.15, -0.1) is 0 Å². The van der Waals surface area contributed by atoms with E-state index in [-0.39, 0.29) is 29.1 Å². The van der Waals surface area contributed by atoms with Crippen molar-refractivity contribution in [2.24, 2.45) is 23.2 Å². The van der Waals surface area contributed by atoms with Crippen LogP contribution in [0.1, 0.15) is 26.7 Å². The number of fused-ring (bicyclic) bond motifs is 1. The molecule has 0 amide bonds. The summed E-state index contributed by atoms with van der Waals surface area (Å²) in [5, 5.41) is 0.863. The zero-order valence-corrected chi connectivity index (χ0v) is 13.6. The summed E-state index contributed by atoms with van der Waals surface area (Å²) in [7, 11) is 1.63. The van der Waals surface area contributed by atoms with Crippen molar-refractivity contribution in [1.82, 2.24) is 0 Å². The number of alkyl halides is 1. The molecule has 0 N–H and O–H groups in total. The second kappa shape index (κ2) is 5.53. The van der Waals surface area contributed by atoms with Crippen molar-refractivity contribution in [3.05, 3.63) is 24.3 Å². The molecular formula is C16H23BrO2. The Balaban J connectivity index is 2.45. The van der Waals surface area contributed by atoms with Crippen LogP contribution in [0.15, 0.2) is 24.3 Å². The number of hydrogen-bond acceptors (Lipinski definition) is 2. The summed E-state index contributed by atoms with van der Waals surface area (Å²) in [4.78, 5) is 12.8. The molecule has 5 unspecified atom stereocenters. The fourth-order valence-electron chi connectivity index (χ4n) is 3.73. The average molecular weight is 327 g/mol. The van der Waals surface area contributed by atoms with Crippen molar-refractivity contribution < 1.29 is 9.53 Å². The van der Waals surface area contributed by atoms with E-state index in [1.165, 1.54) is 0 Å². The highest BCUT2D eigenvalue weighted by Gasteiger charge is 2.54. The number of halogens is 1. The molecule has 2 rings (SSSR count).